The number of carbonyl (C=O) groups is 2. The Morgan fingerprint density at radius 2 is 1.80 bits per heavy atom. The molecule has 2 fully saturated rings. The molecule has 2 aliphatic heterocycles. The summed E-state index contributed by atoms with van der Waals surface area (Å²) in [5.74, 6) is -0.133. The molecule has 0 radical (unpaired) electrons. The SMILES string of the molecule is Cc1ccccc1[C@H]1[C@@H]2CC(CCO)(CCO)C(=O)N2CCN1C(=O)N(C)[C@H](C)c1cc(Cl)cc(C(F)(F)F)c1. The predicted molar refractivity (Wildman–Crippen MR) is 145 cm³/mol. The van der Waals surface area contributed by atoms with E-state index in [0.29, 0.717) is 6.42 Å². The number of fused-ring (bicyclic) bond motifs is 1. The summed E-state index contributed by atoms with van der Waals surface area (Å²) in [6.07, 6.45) is -3.81. The zero-order chi connectivity index (χ0) is 29.4. The molecule has 0 aromatic heterocycles. The van der Waals surface area contributed by atoms with Crippen LogP contribution in [0.1, 0.15) is 60.5 Å². The van der Waals surface area contributed by atoms with Gasteiger partial charge < -0.3 is 24.9 Å². The lowest BCUT2D eigenvalue weighted by Crippen LogP contribution is -2.57. The van der Waals surface area contributed by atoms with Gasteiger partial charge in [-0.2, -0.15) is 13.2 Å². The maximum absolute atomic E-state index is 14.1. The molecule has 2 aliphatic rings. The lowest BCUT2D eigenvalue weighted by atomic mass is 9.77. The van der Waals surface area contributed by atoms with Crippen molar-refractivity contribution in [3.05, 3.63) is 69.7 Å². The number of amides is 3. The van der Waals surface area contributed by atoms with E-state index in [1.54, 1.807) is 23.8 Å². The van der Waals surface area contributed by atoms with Crippen molar-refractivity contribution in [2.75, 3.05) is 33.4 Å². The molecule has 3 atom stereocenters. The molecule has 2 N–H and O–H groups in total. The summed E-state index contributed by atoms with van der Waals surface area (Å²) in [6, 6.07) is 8.86. The molecule has 218 valence electrons. The quantitative estimate of drug-likeness (QED) is 0.471. The van der Waals surface area contributed by atoms with Crippen molar-refractivity contribution < 1.29 is 33.0 Å². The van der Waals surface area contributed by atoms with E-state index in [1.807, 2.05) is 31.2 Å². The summed E-state index contributed by atoms with van der Waals surface area (Å²) in [5.41, 5.74) is 0.236. The fourth-order valence-electron chi connectivity index (χ4n) is 6.25. The van der Waals surface area contributed by atoms with Crippen LogP contribution in [-0.4, -0.2) is 76.2 Å². The highest BCUT2D eigenvalue weighted by Crippen LogP contribution is 2.49. The van der Waals surface area contributed by atoms with Gasteiger partial charge in [0.15, 0.2) is 0 Å². The van der Waals surface area contributed by atoms with Crippen LogP contribution in [0.25, 0.3) is 0 Å². The van der Waals surface area contributed by atoms with Crippen LogP contribution in [-0.2, 0) is 11.0 Å². The van der Waals surface area contributed by atoms with Crippen molar-refractivity contribution in [3.63, 3.8) is 0 Å². The number of alkyl halides is 3. The Kier molecular flexibility index (Phi) is 8.73. The molecule has 0 bridgehead atoms. The molecule has 3 amide bonds. The third-order valence-electron chi connectivity index (χ3n) is 8.54. The van der Waals surface area contributed by atoms with Gasteiger partial charge in [0, 0.05) is 38.4 Å². The highest BCUT2D eigenvalue weighted by molar-refractivity contribution is 6.30. The van der Waals surface area contributed by atoms with Gasteiger partial charge in [-0.3, -0.25) is 4.79 Å². The van der Waals surface area contributed by atoms with E-state index in [2.05, 4.69) is 0 Å². The van der Waals surface area contributed by atoms with E-state index in [0.717, 1.165) is 23.3 Å². The van der Waals surface area contributed by atoms with Gasteiger partial charge in [-0.15, -0.1) is 0 Å². The molecule has 0 unspecified atom stereocenters. The lowest BCUT2D eigenvalue weighted by molar-refractivity contribution is -0.140. The van der Waals surface area contributed by atoms with Gasteiger partial charge in [-0.1, -0.05) is 35.9 Å². The normalized spacial score (nSPS) is 21.4. The zero-order valence-corrected chi connectivity index (χ0v) is 23.5. The van der Waals surface area contributed by atoms with Crippen molar-refractivity contribution in [2.24, 2.45) is 5.41 Å². The van der Waals surface area contributed by atoms with Crippen molar-refractivity contribution in [2.45, 2.75) is 57.4 Å². The standard InChI is InChI=1S/C29H35ClF3N3O4/c1-18-6-4-5-7-23(18)25-24-17-28(8-12-37,9-13-38)26(39)35(24)10-11-36(25)27(40)34(3)19(2)20-14-21(29(31,32)33)16-22(30)15-20/h4-7,14-16,19,24-25,37-38H,8-13,17H2,1-3H3/t19-,24+,25+/m1/s1. The minimum absolute atomic E-state index is 0.0718. The minimum atomic E-state index is -4.58. The third-order valence-corrected chi connectivity index (χ3v) is 8.76. The van der Waals surface area contributed by atoms with Crippen molar-refractivity contribution >= 4 is 23.5 Å². The molecule has 2 heterocycles. The number of aliphatic hydroxyl groups excluding tert-OH is 2. The number of rotatable bonds is 7. The molecule has 11 heteroatoms. The summed E-state index contributed by atoms with van der Waals surface area (Å²) in [4.78, 5) is 32.6. The maximum atomic E-state index is 14.1. The van der Waals surface area contributed by atoms with E-state index in [9.17, 15) is 33.0 Å². The van der Waals surface area contributed by atoms with Gasteiger partial charge in [-0.25, -0.2) is 4.79 Å². The predicted octanol–water partition coefficient (Wildman–Crippen LogP) is 5.19. The van der Waals surface area contributed by atoms with Gasteiger partial charge in [0.1, 0.15) is 0 Å². The Bertz CT molecular complexity index is 1250. The van der Waals surface area contributed by atoms with Gasteiger partial charge in [0.25, 0.3) is 0 Å². The van der Waals surface area contributed by atoms with Crippen molar-refractivity contribution in [3.8, 4) is 0 Å². The number of hydrogen-bond acceptors (Lipinski definition) is 4. The van der Waals surface area contributed by atoms with Crippen LogP contribution in [0.4, 0.5) is 18.0 Å². The Balaban J connectivity index is 1.71. The zero-order valence-electron chi connectivity index (χ0n) is 22.8. The van der Waals surface area contributed by atoms with Crippen LogP contribution in [0.2, 0.25) is 5.02 Å². The van der Waals surface area contributed by atoms with E-state index in [4.69, 9.17) is 11.6 Å². The van der Waals surface area contributed by atoms with Gasteiger partial charge >= 0.3 is 12.2 Å². The molecule has 4 rings (SSSR count). The lowest BCUT2D eigenvalue weighted by Gasteiger charge is -2.47. The van der Waals surface area contributed by atoms with Crippen LogP contribution in [0.15, 0.2) is 42.5 Å². The number of aryl methyl sites for hydroxylation is 1. The van der Waals surface area contributed by atoms with Gasteiger partial charge in [-0.05, 0) is 68.0 Å². The van der Waals surface area contributed by atoms with Crippen LogP contribution in [0.3, 0.4) is 0 Å². The number of halogens is 4. The van der Waals surface area contributed by atoms with E-state index >= 15 is 0 Å². The van der Waals surface area contributed by atoms with E-state index in [1.165, 1.54) is 11.0 Å². The monoisotopic (exact) mass is 581 g/mol. The second-order valence-electron chi connectivity index (χ2n) is 10.8. The second kappa shape index (κ2) is 11.6. The first-order valence-electron chi connectivity index (χ1n) is 13.3. The van der Waals surface area contributed by atoms with Crippen LogP contribution in [0, 0.1) is 12.3 Å². The average molecular weight is 582 g/mol. The Labute approximate surface area is 237 Å². The molecule has 40 heavy (non-hydrogen) atoms. The summed E-state index contributed by atoms with van der Waals surface area (Å²) in [5, 5.41) is 19.5. The van der Waals surface area contributed by atoms with Crippen molar-refractivity contribution in [1.29, 1.82) is 0 Å². The van der Waals surface area contributed by atoms with E-state index in [-0.39, 0.29) is 61.7 Å². The molecule has 2 aromatic rings. The molecular weight excluding hydrogens is 547 g/mol. The van der Waals surface area contributed by atoms with Crippen molar-refractivity contribution in [1.82, 2.24) is 14.7 Å². The molecular formula is C29H35ClF3N3O4. The fourth-order valence-corrected chi connectivity index (χ4v) is 6.50. The molecule has 7 nitrogen and oxygen atoms in total. The van der Waals surface area contributed by atoms with Crippen LogP contribution >= 0.6 is 11.6 Å². The minimum Gasteiger partial charge on any atom is -0.396 e. The summed E-state index contributed by atoms with van der Waals surface area (Å²) < 4.78 is 40.4. The Morgan fingerprint density at radius 1 is 1.15 bits per heavy atom. The number of urea groups is 1. The first kappa shape index (κ1) is 30.1. The number of nitrogens with zero attached hydrogens (tertiary/aromatic N) is 3. The highest BCUT2D eigenvalue weighted by Gasteiger charge is 2.56. The molecule has 0 aliphatic carbocycles. The number of hydrogen-bond donors (Lipinski definition) is 2. The second-order valence-corrected chi connectivity index (χ2v) is 11.3. The Morgan fingerprint density at radius 3 is 2.40 bits per heavy atom. The average Bonchev–Trinajstić information content (AvgIpc) is 3.18. The molecule has 0 saturated carbocycles. The number of carbonyl (C=O) groups excluding carboxylic acids is 2. The smallest absolute Gasteiger partial charge is 0.396 e. The molecule has 2 saturated heterocycles. The van der Waals surface area contributed by atoms with Crippen LogP contribution < -0.4 is 0 Å². The largest absolute Gasteiger partial charge is 0.416 e. The number of piperazine rings is 1. The summed E-state index contributed by atoms with van der Waals surface area (Å²) in [7, 11) is 1.55. The van der Waals surface area contributed by atoms with Gasteiger partial charge in [0.05, 0.1) is 29.1 Å². The topological polar surface area (TPSA) is 84.3 Å². The summed E-state index contributed by atoms with van der Waals surface area (Å²) >= 11 is 6.02. The van der Waals surface area contributed by atoms with E-state index < -0.39 is 35.3 Å². The first-order valence-corrected chi connectivity index (χ1v) is 13.7. The molecule has 0 spiro atoms. The molecule has 2 aromatic carbocycles. The fraction of sp³-hybridized carbons (Fsp3) is 0.517. The number of benzene rings is 2. The highest BCUT2D eigenvalue weighted by atomic mass is 35.5. The third kappa shape index (κ3) is 5.53. The van der Waals surface area contributed by atoms with Gasteiger partial charge in [0.2, 0.25) is 5.91 Å². The Hall–Kier alpha value is -2.82. The van der Waals surface area contributed by atoms with Crippen LogP contribution in [0.5, 0.6) is 0 Å². The number of aliphatic hydroxyl groups is 2. The maximum Gasteiger partial charge on any atom is 0.416 e. The first-order chi connectivity index (χ1) is 18.8. The summed E-state index contributed by atoms with van der Waals surface area (Å²) in [6.45, 7) is 3.66.